The largest absolute Gasteiger partial charge is 0.383 e. The van der Waals surface area contributed by atoms with Crippen molar-refractivity contribution in [3.63, 3.8) is 0 Å². The molecule has 4 N–H and O–H groups in total. The molecule has 0 spiro atoms. The van der Waals surface area contributed by atoms with Crippen LogP contribution in [0.2, 0.25) is 0 Å². The zero-order chi connectivity index (χ0) is 15.5. The van der Waals surface area contributed by atoms with Gasteiger partial charge in [-0.15, -0.1) is 0 Å². The van der Waals surface area contributed by atoms with Crippen LogP contribution >= 0.6 is 0 Å². The summed E-state index contributed by atoms with van der Waals surface area (Å²) in [7, 11) is 3.93. The molecule has 1 aromatic heterocycles. The average Bonchev–Trinajstić information content (AvgIpc) is 2.33. The fraction of sp³-hybridized carbons (Fsp3) is 0.692. The minimum Gasteiger partial charge on any atom is -0.383 e. The normalized spacial score (nSPS) is 11.9. The maximum Gasteiger partial charge on any atom is 0.330 e. The van der Waals surface area contributed by atoms with Gasteiger partial charge in [0.2, 0.25) is 0 Å². The predicted molar refractivity (Wildman–Crippen MR) is 82.3 cm³/mol. The van der Waals surface area contributed by atoms with Crippen LogP contribution in [0.1, 0.15) is 27.2 Å². The predicted octanol–water partition coefficient (Wildman–Crippen LogP) is 0.281. The van der Waals surface area contributed by atoms with E-state index >= 15 is 0 Å². The number of H-pyrrole nitrogens is 1. The highest BCUT2D eigenvalue weighted by Gasteiger charge is 2.21. The van der Waals surface area contributed by atoms with Gasteiger partial charge >= 0.3 is 5.69 Å². The van der Waals surface area contributed by atoms with E-state index < -0.39 is 11.2 Å². The lowest BCUT2D eigenvalue weighted by Gasteiger charge is -2.33. The van der Waals surface area contributed by atoms with Crippen LogP contribution in [-0.2, 0) is 6.54 Å². The first-order valence-corrected chi connectivity index (χ1v) is 6.74. The lowest BCUT2D eigenvalue weighted by molar-refractivity contribution is 0.210. The highest BCUT2D eigenvalue weighted by Crippen LogP contribution is 2.15. The van der Waals surface area contributed by atoms with Crippen molar-refractivity contribution in [2.75, 3.05) is 31.7 Å². The molecule has 0 aromatic carbocycles. The number of nitrogens with two attached hydrogens (primary N) is 1. The second-order valence-corrected chi connectivity index (χ2v) is 5.73. The van der Waals surface area contributed by atoms with E-state index in [-0.39, 0.29) is 17.0 Å². The van der Waals surface area contributed by atoms with E-state index in [1.807, 2.05) is 39.8 Å². The van der Waals surface area contributed by atoms with Crippen LogP contribution in [0.25, 0.3) is 0 Å². The monoisotopic (exact) mass is 283 g/mol. The fourth-order valence-corrected chi connectivity index (χ4v) is 1.67. The van der Waals surface area contributed by atoms with Crippen LogP contribution in [0.5, 0.6) is 0 Å². The van der Waals surface area contributed by atoms with Crippen molar-refractivity contribution in [3.8, 4) is 0 Å². The molecule has 1 aromatic rings. The topological polar surface area (TPSA) is 96.2 Å². The first-order valence-electron chi connectivity index (χ1n) is 6.74. The Morgan fingerprint density at radius 2 is 1.95 bits per heavy atom. The Morgan fingerprint density at radius 3 is 2.45 bits per heavy atom. The molecule has 0 aliphatic rings. The molecular formula is C13H25N5O2. The van der Waals surface area contributed by atoms with E-state index in [0.29, 0.717) is 13.1 Å². The Hall–Kier alpha value is -1.76. The number of hydrogen-bond donors (Lipinski definition) is 3. The summed E-state index contributed by atoms with van der Waals surface area (Å²) in [6, 6.07) is 0. The Morgan fingerprint density at radius 1 is 1.35 bits per heavy atom. The van der Waals surface area contributed by atoms with Crippen LogP contribution in [0.4, 0.5) is 11.5 Å². The molecular weight excluding hydrogens is 258 g/mol. The maximum absolute atomic E-state index is 11.9. The van der Waals surface area contributed by atoms with Crippen molar-refractivity contribution < 1.29 is 0 Å². The molecule has 1 rings (SSSR count). The summed E-state index contributed by atoms with van der Waals surface area (Å²) in [5, 5.41) is 3.06. The van der Waals surface area contributed by atoms with Gasteiger partial charge in [0.15, 0.2) is 0 Å². The number of hydrogen-bond acceptors (Lipinski definition) is 5. The van der Waals surface area contributed by atoms with Gasteiger partial charge < -0.3 is 16.0 Å². The Kier molecular flexibility index (Phi) is 4.99. The molecule has 0 unspecified atom stereocenters. The Bertz CT molecular complexity index is 571. The molecule has 0 atom stereocenters. The molecule has 20 heavy (non-hydrogen) atoms. The molecule has 114 valence electrons. The zero-order valence-electron chi connectivity index (χ0n) is 12.9. The summed E-state index contributed by atoms with van der Waals surface area (Å²) in [5.74, 6) is 0.190. The lowest BCUT2D eigenvalue weighted by Crippen LogP contribution is -2.45. The molecule has 7 nitrogen and oxygen atoms in total. The van der Waals surface area contributed by atoms with E-state index in [9.17, 15) is 9.59 Å². The van der Waals surface area contributed by atoms with Crippen molar-refractivity contribution in [1.29, 1.82) is 0 Å². The van der Waals surface area contributed by atoms with Gasteiger partial charge in [0.25, 0.3) is 5.56 Å². The average molecular weight is 283 g/mol. The van der Waals surface area contributed by atoms with Gasteiger partial charge in [0.1, 0.15) is 11.5 Å². The molecule has 0 fully saturated rings. The van der Waals surface area contributed by atoms with Crippen molar-refractivity contribution in [2.24, 2.45) is 0 Å². The number of nitrogens with zero attached hydrogens (tertiary/aromatic N) is 2. The molecule has 0 saturated heterocycles. The molecule has 0 aliphatic heterocycles. The minimum absolute atomic E-state index is 0.148. The van der Waals surface area contributed by atoms with Gasteiger partial charge in [0, 0.05) is 18.6 Å². The van der Waals surface area contributed by atoms with Crippen molar-refractivity contribution in [3.05, 3.63) is 20.8 Å². The summed E-state index contributed by atoms with van der Waals surface area (Å²) < 4.78 is 1.38. The quantitative estimate of drug-likeness (QED) is 0.697. The van der Waals surface area contributed by atoms with Crippen LogP contribution in [0, 0.1) is 0 Å². The van der Waals surface area contributed by atoms with Crippen LogP contribution in [0.15, 0.2) is 9.59 Å². The van der Waals surface area contributed by atoms with Crippen LogP contribution in [-0.4, -0.2) is 40.6 Å². The summed E-state index contributed by atoms with van der Waals surface area (Å²) in [6.07, 6.45) is 0.763. The summed E-state index contributed by atoms with van der Waals surface area (Å²) >= 11 is 0. The number of rotatable bonds is 6. The highest BCUT2D eigenvalue weighted by molar-refractivity contribution is 5.60. The zero-order valence-corrected chi connectivity index (χ0v) is 12.9. The number of nitrogens with one attached hydrogen (secondary N) is 2. The number of anilines is 2. The van der Waals surface area contributed by atoms with Crippen molar-refractivity contribution >= 4 is 11.5 Å². The standard InChI is InChI=1S/C13H25N5O2/c1-6-7-18-10(14)9(11(19)16-12(18)20)15-8-13(2,3)17(4)5/h15H,6-8,14H2,1-5H3,(H,16,19,20). The van der Waals surface area contributed by atoms with E-state index in [0.717, 1.165) is 6.42 Å². The molecule has 0 amide bonds. The first-order chi connectivity index (χ1) is 9.20. The summed E-state index contributed by atoms with van der Waals surface area (Å²) in [5.41, 5.74) is 5.11. The Labute approximate surface area is 118 Å². The summed E-state index contributed by atoms with van der Waals surface area (Å²) in [6.45, 7) is 7.06. The third kappa shape index (κ3) is 3.41. The SMILES string of the molecule is CCCn1c(N)c(NCC(C)(C)N(C)C)c(=O)[nH]c1=O. The van der Waals surface area contributed by atoms with Crippen LogP contribution in [0.3, 0.4) is 0 Å². The second-order valence-electron chi connectivity index (χ2n) is 5.73. The molecule has 0 radical (unpaired) electrons. The number of nitrogen functional groups attached to an aromatic ring is 1. The van der Waals surface area contributed by atoms with E-state index in [1.165, 1.54) is 4.57 Å². The molecule has 0 bridgehead atoms. The Balaban J connectivity index is 3.10. The first kappa shape index (κ1) is 16.3. The number of likely N-dealkylation sites (N-methyl/N-ethyl adjacent to an activating group) is 1. The second kappa shape index (κ2) is 6.13. The highest BCUT2D eigenvalue weighted by atomic mass is 16.2. The lowest BCUT2D eigenvalue weighted by atomic mass is 10.0. The molecule has 0 saturated carbocycles. The van der Waals surface area contributed by atoms with Gasteiger partial charge in [0.05, 0.1) is 0 Å². The minimum atomic E-state index is -0.477. The third-order valence-electron chi connectivity index (χ3n) is 3.60. The van der Waals surface area contributed by atoms with Gasteiger partial charge in [-0.1, -0.05) is 6.92 Å². The number of aromatic amines is 1. The van der Waals surface area contributed by atoms with Gasteiger partial charge in [-0.3, -0.25) is 14.3 Å². The fourth-order valence-electron chi connectivity index (χ4n) is 1.67. The van der Waals surface area contributed by atoms with Crippen LogP contribution < -0.4 is 22.3 Å². The smallest absolute Gasteiger partial charge is 0.330 e. The van der Waals surface area contributed by atoms with Gasteiger partial charge in [-0.25, -0.2) is 4.79 Å². The van der Waals surface area contributed by atoms with E-state index in [2.05, 4.69) is 10.3 Å². The van der Waals surface area contributed by atoms with Crippen molar-refractivity contribution in [2.45, 2.75) is 39.3 Å². The number of aromatic nitrogens is 2. The van der Waals surface area contributed by atoms with Gasteiger partial charge in [-0.2, -0.15) is 0 Å². The van der Waals surface area contributed by atoms with Crippen molar-refractivity contribution in [1.82, 2.24) is 14.5 Å². The maximum atomic E-state index is 11.9. The van der Waals surface area contributed by atoms with Gasteiger partial charge in [-0.05, 0) is 34.4 Å². The molecule has 0 aliphatic carbocycles. The van der Waals surface area contributed by atoms with E-state index in [1.54, 1.807) is 0 Å². The third-order valence-corrected chi connectivity index (χ3v) is 3.60. The van der Waals surface area contributed by atoms with E-state index in [4.69, 9.17) is 5.73 Å². The molecule has 1 heterocycles. The summed E-state index contributed by atoms with van der Waals surface area (Å²) in [4.78, 5) is 27.9. The molecule has 7 heteroatoms.